The minimum absolute atomic E-state index is 0.472. The molecule has 0 amide bonds. The van der Waals surface area contributed by atoms with E-state index < -0.39 is 5.54 Å². The zero-order valence-electron chi connectivity index (χ0n) is 11.0. The van der Waals surface area contributed by atoms with Crippen LogP contribution in [0.15, 0.2) is 21.6 Å². The molecule has 1 fully saturated rings. The minimum Gasteiger partial charge on any atom is -0.493 e. The first-order valence-electron chi connectivity index (χ1n) is 6.18. The van der Waals surface area contributed by atoms with E-state index in [1.165, 1.54) is 0 Å². The third kappa shape index (κ3) is 2.53. The van der Waals surface area contributed by atoms with Gasteiger partial charge < -0.3 is 9.47 Å². The SMILES string of the molecule is COc1cc(Br)c(C2(N=C=O)CCCC2)cc1OC. The van der Waals surface area contributed by atoms with Gasteiger partial charge in [0.1, 0.15) is 0 Å². The van der Waals surface area contributed by atoms with Crippen molar-refractivity contribution in [1.29, 1.82) is 0 Å². The first kappa shape index (κ1) is 14.1. The average Bonchev–Trinajstić information content (AvgIpc) is 2.88. The Morgan fingerprint density at radius 3 is 2.32 bits per heavy atom. The van der Waals surface area contributed by atoms with Crippen molar-refractivity contribution in [1.82, 2.24) is 0 Å². The molecule has 0 radical (unpaired) electrons. The number of methoxy groups -OCH3 is 2. The molecule has 19 heavy (non-hydrogen) atoms. The van der Waals surface area contributed by atoms with E-state index in [0.717, 1.165) is 35.7 Å². The molecular formula is C14H16BrNO3. The summed E-state index contributed by atoms with van der Waals surface area (Å²) in [5.74, 6) is 1.30. The van der Waals surface area contributed by atoms with Crippen LogP contribution in [0.3, 0.4) is 0 Å². The maximum atomic E-state index is 10.8. The highest BCUT2D eigenvalue weighted by atomic mass is 79.9. The molecule has 1 aliphatic carbocycles. The van der Waals surface area contributed by atoms with E-state index in [1.807, 2.05) is 12.1 Å². The zero-order valence-corrected chi connectivity index (χ0v) is 12.6. The molecule has 1 aromatic carbocycles. The van der Waals surface area contributed by atoms with Crippen LogP contribution in [-0.2, 0) is 10.3 Å². The second-order valence-electron chi connectivity index (χ2n) is 4.63. The van der Waals surface area contributed by atoms with Gasteiger partial charge in [-0.2, -0.15) is 4.99 Å². The Balaban J connectivity index is 2.57. The lowest BCUT2D eigenvalue weighted by Gasteiger charge is -2.25. The number of hydrogen-bond acceptors (Lipinski definition) is 4. The second-order valence-corrected chi connectivity index (χ2v) is 5.48. The fraction of sp³-hybridized carbons (Fsp3) is 0.500. The summed E-state index contributed by atoms with van der Waals surface area (Å²) in [6, 6.07) is 3.75. The van der Waals surface area contributed by atoms with Gasteiger partial charge in [0, 0.05) is 4.47 Å². The van der Waals surface area contributed by atoms with Crippen LogP contribution in [0.5, 0.6) is 11.5 Å². The number of nitrogens with zero attached hydrogens (tertiary/aromatic N) is 1. The van der Waals surface area contributed by atoms with Gasteiger partial charge in [-0.25, -0.2) is 4.79 Å². The van der Waals surface area contributed by atoms with E-state index in [1.54, 1.807) is 20.3 Å². The summed E-state index contributed by atoms with van der Waals surface area (Å²) in [7, 11) is 3.19. The van der Waals surface area contributed by atoms with E-state index >= 15 is 0 Å². The van der Waals surface area contributed by atoms with Crippen molar-refractivity contribution in [3.8, 4) is 11.5 Å². The summed E-state index contributed by atoms with van der Waals surface area (Å²) in [6.45, 7) is 0. The van der Waals surface area contributed by atoms with Gasteiger partial charge in [0.2, 0.25) is 6.08 Å². The van der Waals surface area contributed by atoms with Crippen LogP contribution < -0.4 is 9.47 Å². The molecule has 0 atom stereocenters. The van der Waals surface area contributed by atoms with Gasteiger partial charge >= 0.3 is 0 Å². The zero-order chi connectivity index (χ0) is 13.9. The predicted molar refractivity (Wildman–Crippen MR) is 75.5 cm³/mol. The summed E-state index contributed by atoms with van der Waals surface area (Å²) >= 11 is 3.54. The number of carbonyl (C=O) groups excluding carboxylic acids is 1. The summed E-state index contributed by atoms with van der Waals surface area (Å²) < 4.78 is 11.5. The summed E-state index contributed by atoms with van der Waals surface area (Å²) in [6.07, 6.45) is 5.56. The Hall–Kier alpha value is -1.32. The monoisotopic (exact) mass is 325 g/mol. The Morgan fingerprint density at radius 2 is 1.79 bits per heavy atom. The fourth-order valence-electron chi connectivity index (χ4n) is 2.70. The molecule has 5 heteroatoms. The highest BCUT2D eigenvalue weighted by molar-refractivity contribution is 9.10. The van der Waals surface area contributed by atoms with Crippen molar-refractivity contribution < 1.29 is 14.3 Å². The van der Waals surface area contributed by atoms with Gasteiger partial charge in [0.15, 0.2) is 11.5 Å². The molecule has 0 aliphatic heterocycles. The lowest BCUT2D eigenvalue weighted by atomic mass is 9.88. The molecule has 1 aromatic rings. The van der Waals surface area contributed by atoms with Crippen molar-refractivity contribution in [2.75, 3.05) is 14.2 Å². The van der Waals surface area contributed by atoms with Gasteiger partial charge in [0.25, 0.3) is 0 Å². The molecule has 2 rings (SSSR count). The molecule has 0 aromatic heterocycles. The Bertz CT molecular complexity index is 518. The van der Waals surface area contributed by atoms with Crippen molar-refractivity contribution in [3.05, 3.63) is 22.2 Å². The predicted octanol–water partition coefficient (Wildman–Crippen LogP) is 3.57. The van der Waals surface area contributed by atoms with Gasteiger partial charge in [-0.15, -0.1) is 0 Å². The smallest absolute Gasteiger partial charge is 0.235 e. The molecule has 1 aliphatic rings. The van der Waals surface area contributed by atoms with Crippen LogP contribution in [0.2, 0.25) is 0 Å². The van der Waals surface area contributed by atoms with Gasteiger partial charge in [-0.3, -0.25) is 0 Å². The molecule has 0 unspecified atom stereocenters. The molecule has 0 N–H and O–H groups in total. The molecule has 0 spiro atoms. The fourth-order valence-corrected chi connectivity index (χ4v) is 3.39. The van der Waals surface area contributed by atoms with Gasteiger partial charge in [-0.1, -0.05) is 28.8 Å². The second kappa shape index (κ2) is 5.76. The molecule has 0 bridgehead atoms. The number of benzene rings is 1. The maximum absolute atomic E-state index is 10.8. The van der Waals surface area contributed by atoms with Crippen LogP contribution in [0, 0.1) is 0 Å². The third-order valence-corrected chi connectivity index (χ3v) is 4.32. The number of aliphatic imine (C=N–C) groups is 1. The van der Waals surface area contributed by atoms with E-state index in [4.69, 9.17) is 9.47 Å². The molecular weight excluding hydrogens is 310 g/mol. The van der Waals surface area contributed by atoms with E-state index in [9.17, 15) is 4.79 Å². The van der Waals surface area contributed by atoms with E-state index in [0.29, 0.717) is 11.5 Å². The first-order valence-corrected chi connectivity index (χ1v) is 6.97. The number of hydrogen-bond donors (Lipinski definition) is 0. The summed E-state index contributed by atoms with van der Waals surface area (Å²) in [4.78, 5) is 14.9. The molecule has 102 valence electrons. The Morgan fingerprint density at radius 1 is 1.21 bits per heavy atom. The van der Waals surface area contributed by atoms with E-state index in [-0.39, 0.29) is 0 Å². The number of halogens is 1. The number of isocyanates is 1. The quantitative estimate of drug-likeness (QED) is 0.628. The van der Waals surface area contributed by atoms with Crippen LogP contribution >= 0.6 is 15.9 Å². The van der Waals surface area contributed by atoms with Gasteiger partial charge in [0.05, 0.1) is 19.8 Å². The minimum atomic E-state index is -0.472. The normalized spacial score (nSPS) is 16.8. The highest BCUT2D eigenvalue weighted by Crippen LogP contribution is 2.47. The summed E-state index contributed by atoms with van der Waals surface area (Å²) in [5.41, 5.74) is 0.492. The van der Waals surface area contributed by atoms with E-state index in [2.05, 4.69) is 20.9 Å². The first-order chi connectivity index (χ1) is 9.16. The number of ether oxygens (including phenoxy) is 2. The van der Waals surface area contributed by atoms with Crippen LogP contribution in [-0.4, -0.2) is 20.3 Å². The highest BCUT2D eigenvalue weighted by Gasteiger charge is 2.38. The summed E-state index contributed by atoms with van der Waals surface area (Å²) in [5, 5.41) is 0. The molecule has 4 nitrogen and oxygen atoms in total. The molecule has 1 saturated carbocycles. The number of rotatable bonds is 4. The Kier molecular flexibility index (Phi) is 4.27. The van der Waals surface area contributed by atoms with Gasteiger partial charge in [-0.05, 0) is 30.5 Å². The van der Waals surface area contributed by atoms with Crippen molar-refractivity contribution in [2.24, 2.45) is 4.99 Å². The average molecular weight is 326 g/mol. The van der Waals surface area contributed by atoms with Crippen molar-refractivity contribution in [2.45, 2.75) is 31.2 Å². The lowest BCUT2D eigenvalue weighted by molar-refractivity contribution is 0.351. The maximum Gasteiger partial charge on any atom is 0.235 e. The van der Waals surface area contributed by atoms with Crippen LogP contribution in [0.25, 0.3) is 0 Å². The van der Waals surface area contributed by atoms with Crippen molar-refractivity contribution in [3.63, 3.8) is 0 Å². The topological polar surface area (TPSA) is 47.9 Å². The van der Waals surface area contributed by atoms with Crippen molar-refractivity contribution >= 4 is 22.0 Å². The standard InChI is InChI=1S/C14H16BrNO3/c1-18-12-7-10(11(15)8-13(12)19-2)14(16-9-17)5-3-4-6-14/h7-8H,3-6H2,1-2H3. The molecule has 0 heterocycles. The lowest BCUT2D eigenvalue weighted by Crippen LogP contribution is -2.19. The third-order valence-electron chi connectivity index (χ3n) is 3.66. The largest absolute Gasteiger partial charge is 0.493 e. The Labute approximate surface area is 120 Å². The van der Waals surface area contributed by atoms with Crippen LogP contribution in [0.4, 0.5) is 0 Å². The molecule has 0 saturated heterocycles. The van der Waals surface area contributed by atoms with Crippen LogP contribution in [0.1, 0.15) is 31.2 Å².